The van der Waals surface area contributed by atoms with Crippen molar-refractivity contribution in [1.29, 1.82) is 0 Å². The fraction of sp³-hybridized carbons (Fsp3) is 0.217. The Morgan fingerprint density at radius 1 is 0.833 bits per heavy atom. The van der Waals surface area contributed by atoms with Crippen LogP contribution in [-0.2, 0) is 7.05 Å². The minimum absolute atomic E-state index is 1.28. The van der Waals surface area contributed by atoms with Gasteiger partial charge in [0.1, 0.15) is 5.69 Å². The van der Waals surface area contributed by atoms with Crippen LogP contribution in [-0.4, -0.2) is 25.9 Å². The van der Waals surface area contributed by atoms with Crippen molar-refractivity contribution in [2.75, 3.05) is 14.1 Å². The number of fused-ring (bicyclic) bond motifs is 3. The summed E-state index contributed by atoms with van der Waals surface area (Å²) in [5.74, 6) is 0. The molecule has 1 N–H and O–H groups in total. The lowest BCUT2D eigenvalue weighted by Crippen LogP contribution is -3.00. The van der Waals surface area contributed by atoms with Crippen LogP contribution in [0, 0.1) is 13.8 Å². The van der Waals surface area contributed by atoms with E-state index in [4.69, 9.17) is 0 Å². The third-order valence-electron chi connectivity index (χ3n) is 5.31. The Kier molecular flexibility index (Phi) is 5.95. The smallest absolute Gasteiger partial charge is 0.418 e. The van der Waals surface area contributed by atoms with Crippen LogP contribution in [0.4, 0.5) is 23.0 Å². The number of quaternary nitrogens is 1. The fourth-order valence-corrected chi connectivity index (χ4v) is 4.04. The molecule has 0 aliphatic rings. The summed E-state index contributed by atoms with van der Waals surface area (Å²) in [6.45, 7) is 4.38. The van der Waals surface area contributed by atoms with Crippen molar-refractivity contribution in [3.05, 3.63) is 65.7 Å². The quantitative estimate of drug-likeness (QED) is 0.318. The fourth-order valence-electron chi connectivity index (χ4n) is 4.04. The number of aromatic nitrogens is 1. The predicted molar refractivity (Wildman–Crippen MR) is 118 cm³/mol. The van der Waals surface area contributed by atoms with Gasteiger partial charge < -0.3 is 26.7 Å². The molecule has 0 aliphatic heterocycles. The SMILES string of the molecule is Cc1ccc(-c2c(C)c3ccc4cccc([NH+](C)C)c4c3n2C)cc1.F[B-](F)(F)F. The molecule has 0 saturated heterocycles. The van der Waals surface area contributed by atoms with Crippen molar-refractivity contribution in [2.24, 2.45) is 7.05 Å². The van der Waals surface area contributed by atoms with Crippen LogP contribution >= 0.6 is 0 Å². The molecule has 0 fully saturated rings. The lowest BCUT2D eigenvalue weighted by molar-refractivity contribution is -0.785. The molecule has 30 heavy (non-hydrogen) atoms. The van der Waals surface area contributed by atoms with E-state index < -0.39 is 7.25 Å². The van der Waals surface area contributed by atoms with Gasteiger partial charge in [-0.1, -0.05) is 54.1 Å². The first-order valence-corrected chi connectivity index (χ1v) is 9.74. The van der Waals surface area contributed by atoms with Crippen molar-refractivity contribution in [1.82, 2.24) is 4.57 Å². The number of aryl methyl sites for hydroxylation is 3. The van der Waals surface area contributed by atoms with Gasteiger partial charge in [-0.05, 0) is 36.4 Å². The summed E-state index contributed by atoms with van der Waals surface area (Å²) in [7, 11) is 0.598. The summed E-state index contributed by atoms with van der Waals surface area (Å²) in [4.78, 5) is 1.36. The highest BCUT2D eigenvalue weighted by molar-refractivity contribution is 6.50. The van der Waals surface area contributed by atoms with Crippen LogP contribution in [0.15, 0.2) is 54.6 Å². The molecular formula is C23H25BF4N2. The molecule has 0 bridgehead atoms. The van der Waals surface area contributed by atoms with Crippen LogP contribution in [0.25, 0.3) is 32.9 Å². The average Bonchev–Trinajstić information content (AvgIpc) is 2.91. The van der Waals surface area contributed by atoms with Gasteiger partial charge in [0.2, 0.25) is 0 Å². The highest BCUT2D eigenvalue weighted by Crippen LogP contribution is 2.38. The van der Waals surface area contributed by atoms with Crippen molar-refractivity contribution < 1.29 is 22.2 Å². The van der Waals surface area contributed by atoms with Crippen LogP contribution < -0.4 is 4.90 Å². The second kappa shape index (κ2) is 8.15. The van der Waals surface area contributed by atoms with Gasteiger partial charge in [0, 0.05) is 12.4 Å². The molecular weight excluding hydrogens is 391 g/mol. The first-order valence-electron chi connectivity index (χ1n) is 9.74. The molecule has 7 heteroatoms. The molecule has 1 aromatic heterocycles. The molecule has 4 aromatic rings. The normalized spacial score (nSPS) is 11.8. The molecule has 0 spiro atoms. The summed E-state index contributed by atoms with van der Waals surface area (Å²) in [6, 6.07) is 20.0. The number of nitrogens with one attached hydrogen (secondary N) is 1. The average molecular weight is 416 g/mol. The van der Waals surface area contributed by atoms with Crippen LogP contribution in [0.1, 0.15) is 11.1 Å². The van der Waals surface area contributed by atoms with Crippen LogP contribution in [0.5, 0.6) is 0 Å². The summed E-state index contributed by atoms with van der Waals surface area (Å²) in [5, 5.41) is 4.02. The largest absolute Gasteiger partial charge is 0.673 e. The zero-order chi connectivity index (χ0) is 22.2. The third-order valence-corrected chi connectivity index (χ3v) is 5.31. The van der Waals surface area contributed by atoms with Gasteiger partial charge in [-0.15, -0.1) is 0 Å². The summed E-state index contributed by atoms with van der Waals surface area (Å²) < 4.78 is 41.4. The molecule has 0 unspecified atom stereocenters. The number of hydrogen-bond donors (Lipinski definition) is 1. The standard InChI is InChI=1S/C23H24N2.BF4/c1-15-9-11-18(12-10-15)22-16(2)19-14-13-17-7-6-8-20(24(3)4)21(17)23(19)25(22)5;2-1(3,4)5/h6-14H,1-5H3;/q;-1/p+1. The van der Waals surface area contributed by atoms with Gasteiger partial charge in [0.05, 0.1) is 30.7 Å². The van der Waals surface area contributed by atoms with E-state index in [-0.39, 0.29) is 0 Å². The van der Waals surface area contributed by atoms with E-state index in [0.29, 0.717) is 0 Å². The Balaban J connectivity index is 0.000000461. The van der Waals surface area contributed by atoms with Crippen molar-refractivity contribution in [3.8, 4) is 11.3 Å². The van der Waals surface area contributed by atoms with Gasteiger partial charge in [0.25, 0.3) is 0 Å². The molecule has 1 heterocycles. The van der Waals surface area contributed by atoms with Crippen LogP contribution in [0.2, 0.25) is 0 Å². The minimum atomic E-state index is -6.00. The lowest BCUT2D eigenvalue weighted by atomic mass is 10.0. The Bertz CT molecular complexity index is 1190. The molecule has 0 amide bonds. The van der Waals surface area contributed by atoms with E-state index in [2.05, 4.69) is 94.2 Å². The van der Waals surface area contributed by atoms with E-state index in [9.17, 15) is 17.3 Å². The molecule has 158 valence electrons. The highest BCUT2D eigenvalue weighted by atomic mass is 19.5. The highest BCUT2D eigenvalue weighted by Gasteiger charge is 2.21. The summed E-state index contributed by atoms with van der Waals surface area (Å²) in [5.41, 5.74) is 7.92. The maximum Gasteiger partial charge on any atom is 0.673 e. The number of nitrogens with zero attached hydrogens (tertiary/aromatic N) is 1. The van der Waals surface area contributed by atoms with Crippen molar-refractivity contribution >= 4 is 34.6 Å². The van der Waals surface area contributed by atoms with Crippen molar-refractivity contribution in [2.45, 2.75) is 13.8 Å². The molecule has 2 nitrogen and oxygen atoms in total. The third kappa shape index (κ3) is 4.36. The van der Waals surface area contributed by atoms with E-state index in [1.54, 1.807) is 0 Å². The maximum atomic E-state index is 9.75. The van der Waals surface area contributed by atoms with Gasteiger partial charge in [-0.25, -0.2) is 0 Å². The van der Waals surface area contributed by atoms with E-state index in [1.165, 1.54) is 54.6 Å². The maximum absolute atomic E-state index is 9.75. The summed E-state index contributed by atoms with van der Waals surface area (Å²) >= 11 is 0. The monoisotopic (exact) mass is 416 g/mol. The number of rotatable bonds is 2. The van der Waals surface area contributed by atoms with E-state index >= 15 is 0 Å². The Morgan fingerprint density at radius 2 is 1.43 bits per heavy atom. The van der Waals surface area contributed by atoms with Crippen LogP contribution in [0.3, 0.4) is 0 Å². The zero-order valence-corrected chi connectivity index (χ0v) is 17.7. The van der Waals surface area contributed by atoms with E-state index in [0.717, 1.165) is 0 Å². The number of hydrogen-bond acceptors (Lipinski definition) is 0. The summed E-state index contributed by atoms with van der Waals surface area (Å²) in [6.07, 6.45) is 0. The van der Waals surface area contributed by atoms with Crippen molar-refractivity contribution in [3.63, 3.8) is 0 Å². The second-order valence-electron chi connectivity index (χ2n) is 7.76. The van der Waals surface area contributed by atoms with E-state index in [1.807, 2.05) is 0 Å². The molecule has 4 rings (SSSR count). The first-order chi connectivity index (χ1) is 14.0. The molecule has 3 aromatic carbocycles. The van der Waals surface area contributed by atoms with Gasteiger partial charge >= 0.3 is 7.25 Å². The molecule has 0 atom stereocenters. The number of benzene rings is 3. The Morgan fingerprint density at radius 3 is 2.00 bits per heavy atom. The van der Waals surface area contributed by atoms with Gasteiger partial charge in [0.15, 0.2) is 0 Å². The van der Waals surface area contributed by atoms with Gasteiger partial charge in [-0.2, -0.15) is 0 Å². The molecule has 0 aliphatic carbocycles. The molecule has 0 saturated carbocycles. The topological polar surface area (TPSA) is 9.37 Å². The Labute approximate surface area is 173 Å². The second-order valence-corrected chi connectivity index (χ2v) is 7.76. The van der Waals surface area contributed by atoms with Gasteiger partial charge in [-0.3, -0.25) is 0 Å². The first kappa shape index (κ1) is 21.9. The number of halogens is 4. The lowest BCUT2D eigenvalue weighted by Gasteiger charge is -2.12. The Hall–Kier alpha value is -2.80. The molecule has 0 radical (unpaired) electrons. The predicted octanol–water partition coefficient (Wildman–Crippen LogP) is 5.69. The zero-order valence-electron chi connectivity index (χ0n) is 17.7. The minimum Gasteiger partial charge on any atom is -0.418 e.